The largest absolute Gasteiger partial charge is 0.438 e. The zero-order valence-electron chi connectivity index (χ0n) is 19.6. The zero-order chi connectivity index (χ0) is 25.2. The lowest BCUT2D eigenvalue weighted by molar-refractivity contribution is 0.386. The first kappa shape index (κ1) is 24.4. The summed E-state index contributed by atoms with van der Waals surface area (Å²) in [5.74, 6) is 0.721. The van der Waals surface area contributed by atoms with E-state index in [1.54, 1.807) is 30.3 Å². The number of piperazine rings is 1. The maximum atomic E-state index is 14.9. The monoisotopic (exact) mass is 496 g/mol. The second-order valence-corrected chi connectivity index (χ2v) is 10.3. The predicted molar refractivity (Wildman–Crippen MR) is 131 cm³/mol. The number of aryl methyl sites for hydroxylation is 2. The van der Waals surface area contributed by atoms with Crippen molar-refractivity contribution in [1.29, 1.82) is 5.26 Å². The van der Waals surface area contributed by atoms with E-state index >= 15 is 0 Å². The van der Waals surface area contributed by atoms with E-state index in [0.29, 0.717) is 54.7 Å². The third-order valence-corrected chi connectivity index (χ3v) is 6.98. The molecule has 182 valence electrons. The molecule has 0 amide bonds. The minimum atomic E-state index is -3.25. The second kappa shape index (κ2) is 9.85. The molecule has 1 aliphatic rings. The Morgan fingerprint density at radius 2 is 1.77 bits per heavy atom. The third kappa shape index (κ3) is 5.67. The Morgan fingerprint density at radius 1 is 1.09 bits per heavy atom. The lowest BCUT2D eigenvalue weighted by Gasteiger charge is -2.34. The number of anilines is 3. The number of benzene rings is 2. The van der Waals surface area contributed by atoms with Gasteiger partial charge in [-0.3, -0.25) is 0 Å². The molecule has 0 aliphatic carbocycles. The molecule has 0 atom stereocenters. The topological polar surface area (TPSA) is 111 Å². The molecule has 9 nitrogen and oxygen atoms in total. The molecular formula is C24H25FN6O3S. The molecule has 3 aromatic rings. The quantitative estimate of drug-likeness (QED) is 0.550. The van der Waals surface area contributed by atoms with Crippen LogP contribution in [0.5, 0.6) is 11.6 Å². The van der Waals surface area contributed by atoms with Gasteiger partial charge in [0.2, 0.25) is 21.9 Å². The van der Waals surface area contributed by atoms with Gasteiger partial charge in [-0.25, -0.2) is 17.8 Å². The number of ether oxygens (including phenoxy) is 1. The molecule has 1 fully saturated rings. The highest BCUT2D eigenvalue weighted by molar-refractivity contribution is 7.88. The normalized spacial score (nSPS) is 14.4. The molecule has 1 N–H and O–H groups in total. The van der Waals surface area contributed by atoms with E-state index < -0.39 is 15.8 Å². The first-order chi connectivity index (χ1) is 16.6. The van der Waals surface area contributed by atoms with Crippen LogP contribution < -0.4 is 15.0 Å². The van der Waals surface area contributed by atoms with Gasteiger partial charge >= 0.3 is 0 Å². The van der Waals surface area contributed by atoms with Gasteiger partial charge in [-0.1, -0.05) is 0 Å². The highest BCUT2D eigenvalue weighted by atomic mass is 32.2. The van der Waals surface area contributed by atoms with Crippen LogP contribution in [0, 0.1) is 31.0 Å². The van der Waals surface area contributed by atoms with Gasteiger partial charge in [0.1, 0.15) is 11.6 Å². The number of aromatic nitrogens is 2. The van der Waals surface area contributed by atoms with Crippen LogP contribution in [0.15, 0.2) is 42.6 Å². The van der Waals surface area contributed by atoms with Gasteiger partial charge in [0.25, 0.3) is 0 Å². The molecule has 2 aromatic carbocycles. The number of halogens is 1. The summed E-state index contributed by atoms with van der Waals surface area (Å²) in [5, 5.41) is 12.1. The van der Waals surface area contributed by atoms with Gasteiger partial charge in [-0.2, -0.15) is 14.6 Å². The predicted octanol–water partition coefficient (Wildman–Crippen LogP) is 3.72. The molecule has 35 heavy (non-hydrogen) atoms. The van der Waals surface area contributed by atoms with E-state index in [1.165, 1.54) is 22.8 Å². The molecule has 0 spiro atoms. The minimum absolute atomic E-state index is 0.236. The molecule has 2 heterocycles. The maximum Gasteiger partial charge on any atom is 0.230 e. The van der Waals surface area contributed by atoms with E-state index in [9.17, 15) is 12.8 Å². The van der Waals surface area contributed by atoms with Crippen LogP contribution in [0.2, 0.25) is 0 Å². The number of hydrogen-bond acceptors (Lipinski definition) is 8. The summed E-state index contributed by atoms with van der Waals surface area (Å²) >= 11 is 0. The van der Waals surface area contributed by atoms with Crippen molar-refractivity contribution in [3.63, 3.8) is 0 Å². The first-order valence-corrected chi connectivity index (χ1v) is 12.8. The first-order valence-electron chi connectivity index (χ1n) is 10.9. The van der Waals surface area contributed by atoms with E-state index in [4.69, 9.17) is 10.00 Å². The summed E-state index contributed by atoms with van der Waals surface area (Å²) in [7, 11) is -3.25. The summed E-state index contributed by atoms with van der Waals surface area (Å²) < 4.78 is 45.6. The molecule has 0 radical (unpaired) electrons. The van der Waals surface area contributed by atoms with Crippen molar-refractivity contribution in [3.8, 4) is 17.7 Å². The SMILES string of the molecule is Cc1cc(C#N)cc(C)c1Oc1ccnc(Nc2ccc(N3CCN(S(C)(=O)=O)CC3)c(F)c2)n1. The summed E-state index contributed by atoms with van der Waals surface area (Å²) in [6.45, 7) is 5.17. The molecule has 4 rings (SSSR count). The summed E-state index contributed by atoms with van der Waals surface area (Å²) in [6, 6.07) is 11.9. The number of hydrogen-bond donors (Lipinski definition) is 1. The van der Waals surface area contributed by atoms with Crippen LogP contribution in [-0.2, 0) is 10.0 Å². The van der Waals surface area contributed by atoms with Crippen LogP contribution in [0.4, 0.5) is 21.7 Å². The molecule has 1 aliphatic heterocycles. The fourth-order valence-corrected chi connectivity index (χ4v) is 4.80. The second-order valence-electron chi connectivity index (χ2n) is 8.31. The van der Waals surface area contributed by atoms with Crippen LogP contribution in [0.3, 0.4) is 0 Å². The van der Waals surface area contributed by atoms with Crippen molar-refractivity contribution in [2.45, 2.75) is 13.8 Å². The molecule has 1 aromatic heterocycles. The number of nitriles is 1. The molecule has 0 unspecified atom stereocenters. The smallest absolute Gasteiger partial charge is 0.230 e. The number of sulfonamides is 1. The van der Waals surface area contributed by atoms with Crippen molar-refractivity contribution < 1.29 is 17.5 Å². The summed E-state index contributed by atoms with van der Waals surface area (Å²) in [5.41, 5.74) is 3.05. The van der Waals surface area contributed by atoms with Crippen LogP contribution >= 0.6 is 0 Å². The lowest BCUT2D eigenvalue weighted by Crippen LogP contribution is -2.48. The van der Waals surface area contributed by atoms with Crippen molar-refractivity contribution in [2.75, 3.05) is 42.7 Å². The average Bonchev–Trinajstić information content (AvgIpc) is 2.81. The van der Waals surface area contributed by atoms with Crippen molar-refractivity contribution in [3.05, 3.63) is 65.1 Å². The van der Waals surface area contributed by atoms with Gasteiger partial charge in [-0.05, 0) is 55.3 Å². The fourth-order valence-electron chi connectivity index (χ4n) is 3.97. The Kier molecular flexibility index (Phi) is 6.86. The highest BCUT2D eigenvalue weighted by Gasteiger charge is 2.25. The summed E-state index contributed by atoms with van der Waals surface area (Å²) in [6.07, 6.45) is 2.71. The lowest BCUT2D eigenvalue weighted by atomic mass is 10.1. The molecule has 0 bridgehead atoms. The van der Waals surface area contributed by atoms with Gasteiger partial charge in [0.05, 0.1) is 23.6 Å². The number of rotatable bonds is 6. The molecule has 1 saturated heterocycles. The van der Waals surface area contributed by atoms with E-state index in [2.05, 4.69) is 21.4 Å². The van der Waals surface area contributed by atoms with Gasteiger partial charge in [-0.15, -0.1) is 0 Å². The molecular weight excluding hydrogens is 471 g/mol. The maximum absolute atomic E-state index is 14.9. The third-order valence-electron chi connectivity index (χ3n) is 5.68. The Labute approximate surface area is 203 Å². The number of nitrogens with one attached hydrogen (secondary N) is 1. The van der Waals surface area contributed by atoms with E-state index in [1.807, 2.05) is 18.7 Å². The Balaban J connectivity index is 1.46. The zero-order valence-corrected chi connectivity index (χ0v) is 20.4. The van der Waals surface area contributed by atoms with Gasteiger partial charge in [0, 0.05) is 44.1 Å². The minimum Gasteiger partial charge on any atom is -0.438 e. The Morgan fingerprint density at radius 3 is 2.37 bits per heavy atom. The standard InChI is InChI=1S/C24H25FN6O3S/c1-16-12-18(15-26)13-17(2)23(16)34-22-6-7-27-24(29-22)28-19-4-5-21(20(25)14-19)30-8-10-31(11-9-30)35(3,32)33/h4-7,12-14H,8-11H2,1-3H3,(H,27,28,29). The average molecular weight is 497 g/mol. The van der Waals surface area contributed by atoms with Gasteiger partial charge < -0.3 is 15.0 Å². The van der Waals surface area contributed by atoms with Crippen molar-refractivity contribution >= 4 is 27.3 Å². The van der Waals surface area contributed by atoms with E-state index in [-0.39, 0.29) is 5.95 Å². The molecule has 0 saturated carbocycles. The highest BCUT2D eigenvalue weighted by Crippen LogP contribution is 2.30. The summed E-state index contributed by atoms with van der Waals surface area (Å²) in [4.78, 5) is 10.4. The Bertz CT molecular complexity index is 1380. The van der Waals surface area contributed by atoms with Crippen LogP contribution in [0.1, 0.15) is 16.7 Å². The van der Waals surface area contributed by atoms with Crippen molar-refractivity contribution in [1.82, 2.24) is 14.3 Å². The Hall–Kier alpha value is -3.75. The van der Waals surface area contributed by atoms with Crippen molar-refractivity contribution in [2.24, 2.45) is 0 Å². The van der Waals surface area contributed by atoms with E-state index in [0.717, 1.165) is 11.1 Å². The van der Waals surface area contributed by atoms with Crippen LogP contribution in [-0.4, -0.2) is 55.1 Å². The number of nitrogens with zero attached hydrogens (tertiary/aromatic N) is 5. The molecule has 11 heteroatoms. The van der Waals surface area contributed by atoms with Crippen LogP contribution in [0.25, 0.3) is 0 Å². The van der Waals surface area contributed by atoms with Gasteiger partial charge in [0.15, 0.2) is 0 Å². The fraction of sp³-hybridized carbons (Fsp3) is 0.292.